The number of carbonyl (C=O) groups is 1. The fourth-order valence-electron chi connectivity index (χ4n) is 3.76. The molecule has 0 radical (unpaired) electrons. The Morgan fingerprint density at radius 3 is 2.33 bits per heavy atom. The summed E-state index contributed by atoms with van der Waals surface area (Å²) in [5, 5.41) is 4.36. The number of hydrogen-bond acceptors (Lipinski definition) is 5. The van der Waals surface area contributed by atoms with E-state index >= 15 is 0 Å². The van der Waals surface area contributed by atoms with Gasteiger partial charge < -0.3 is 19.2 Å². The zero-order valence-electron chi connectivity index (χ0n) is 18.7. The van der Waals surface area contributed by atoms with E-state index in [-0.39, 0.29) is 17.6 Å². The number of nitrogens with zero attached hydrogens (tertiary/aromatic N) is 4. The molecule has 0 N–H and O–H groups in total. The number of benzene rings is 1. The lowest BCUT2D eigenvalue weighted by molar-refractivity contribution is -0.135. The maximum absolute atomic E-state index is 13.5. The van der Waals surface area contributed by atoms with Crippen molar-refractivity contribution in [1.82, 2.24) is 15.0 Å². The second-order valence-electron chi connectivity index (χ2n) is 8.88. The molecule has 0 aliphatic carbocycles. The van der Waals surface area contributed by atoms with Gasteiger partial charge in [0.25, 0.3) is 0 Å². The van der Waals surface area contributed by atoms with E-state index in [0.717, 1.165) is 37.3 Å². The molecule has 0 bridgehead atoms. The molecule has 1 aliphatic heterocycles. The zero-order valence-corrected chi connectivity index (χ0v) is 18.7. The lowest BCUT2D eigenvalue weighted by Crippen LogP contribution is -2.45. The number of aromatic nitrogens is 1. The van der Waals surface area contributed by atoms with E-state index in [9.17, 15) is 9.18 Å². The molecule has 1 amide bonds. The molecule has 30 heavy (non-hydrogen) atoms. The first kappa shape index (κ1) is 22.3. The minimum atomic E-state index is -0.292. The van der Waals surface area contributed by atoms with Crippen LogP contribution in [0.2, 0.25) is 0 Å². The molecule has 0 unspecified atom stereocenters. The molecule has 7 heteroatoms. The Balaban J connectivity index is 2.00. The van der Waals surface area contributed by atoms with Crippen LogP contribution in [-0.2, 0) is 11.3 Å². The summed E-state index contributed by atoms with van der Waals surface area (Å²) in [7, 11) is 2.11. The molecule has 1 saturated heterocycles. The van der Waals surface area contributed by atoms with Crippen molar-refractivity contribution >= 4 is 11.8 Å². The molecular weight excluding hydrogens is 383 g/mol. The molecule has 0 spiro atoms. The van der Waals surface area contributed by atoms with Crippen molar-refractivity contribution in [3.63, 3.8) is 0 Å². The normalized spacial score (nSPS) is 15.3. The van der Waals surface area contributed by atoms with Crippen LogP contribution in [0.4, 0.5) is 10.3 Å². The van der Waals surface area contributed by atoms with Crippen LogP contribution in [0, 0.1) is 17.7 Å². The number of rotatable bonds is 7. The highest BCUT2D eigenvalue weighted by atomic mass is 19.1. The van der Waals surface area contributed by atoms with Gasteiger partial charge >= 0.3 is 0 Å². The van der Waals surface area contributed by atoms with E-state index in [1.165, 1.54) is 12.1 Å². The highest BCUT2D eigenvalue weighted by Gasteiger charge is 2.28. The predicted molar refractivity (Wildman–Crippen MR) is 117 cm³/mol. The lowest BCUT2D eigenvalue weighted by Gasteiger charge is -2.33. The topological polar surface area (TPSA) is 52.8 Å². The fourth-order valence-corrected chi connectivity index (χ4v) is 3.76. The quantitative estimate of drug-likeness (QED) is 0.686. The minimum absolute atomic E-state index is 0.0926. The summed E-state index contributed by atoms with van der Waals surface area (Å²) in [6, 6.07) is 6.27. The largest absolute Gasteiger partial charge is 0.338 e. The molecule has 2 heterocycles. The van der Waals surface area contributed by atoms with E-state index in [1.54, 1.807) is 12.1 Å². The van der Waals surface area contributed by atoms with Gasteiger partial charge in [0.15, 0.2) is 0 Å². The van der Waals surface area contributed by atoms with Crippen molar-refractivity contribution in [2.45, 2.75) is 34.2 Å². The number of halogens is 1. The summed E-state index contributed by atoms with van der Waals surface area (Å²) in [5.74, 6) is 0.783. The van der Waals surface area contributed by atoms with Crippen LogP contribution in [0.3, 0.4) is 0 Å². The van der Waals surface area contributed by atoms with Gasteiger partial charge in [0.2, 0.25) is 11.8 Å². The van der Waals surface area contributed by atoms with Crippen LogP contribution in [0.15, 0.2) is 28.8 Å². The van der Waals surface area contributed by atoms with Gasteiger partial charge in [0.05, 0.1) is 12.1 Å². The Hall–Kier alpha value is -2.41. The second-order valence-corrected chi connectivity index (χ2v) is 8.88. The van der Waals surface area contributed by atoms with Gasteiger partial charge in [0, 0.05) is 44.2 Å². The first-order valence-corrected chi connectivity index (χ1v) is 10.7. The number of amides is 1. The number of likely N-dealkylation sites (N-methyl/N-ethyl adjacent to an activating group) is 1. The summed E-state index contributed by atoms with van der Waals surface area (Å²) in [6.45, 7) is 12.7. The minimum Gasteiger partial charge on any atom is -0.338 e. The smallest absolute Gasteiger partial charge is 0.232 e. The van der Waals surface area contributed by atoms with Crippen LogP contribution in [0.5, 0.6) is 0 Å². The zero-order chi connectivity index (χ0) is 21.8. The van der Waals surface area contributed by atoms with E-state index < -0.39 is 0 Å². The van der Waals surface area contributed by atoms with Crippen LogP contribution in [0.1, 0.15) is 33.3 Å². The van der Waals surface area contributed by atoms with Crippen molar-refractivity contribution in [2.75, 3.05) is 44.7 Å². The van der Waals surface area contributed by atoms with E-state index in [2.05, 4.69) is 35.9 Å². The molecule has 1 aliphatic rings. The molecule has 6 nitrogen and oxygen atoms in total. The fraction of sp³-hybridized carbons (Fsp3) is 0.565. The molecule has 2 aromatic rings. The average Bonchev–Trinajstić information content (AvgIpc) is 3.11. The lowest BCUT2D eigenvalue weighted by atomic mass is 10.0. The van der Waals surface area contributed by atoms with Crippen molar-refractivity contribution in [2.24, 2.45) is 11.8 Å². The van der Waals surface area contributed by atoms with E-state index in [0.29, 0.717) is 30.6 Å². The first-order chi connectivity index (χ1) is 14.3. The molecule has 1 aromatic heterocycles. The van der Waals surface area contributed by atoms with Gasteiger partial charge in [-0.3, -0.25) is 4.79 Å². The van der Waals surface area contributed by atoms with Crippen molar-refractivity contribution in [3.8, 4) is 11.3 Å². The predicted octanol–water partition coefficient (Wildman–Crippen LogP) is 3.87. The maximum atomic E-state index is 13.5. The van der Waals surface area contributed by atoms with Gasteiger partial charge in [-0.15, -0.1) is 0 Å². The third-order valence-corrected chi connectivity index (χ3v) is 5.42. The van der Waals surface area contributed by atoms with Gasteiger partial charge in [-0.25, -0.2) is 4.39 Å². The highest BCUT2D eigenvalue weighted by molar-refractivity contribution is 5.79. The number of anilines is 1. The molecule has 164 valence electrons. The molecule has 0 saturated carbocycles. The maximum Gasteiger partial charge on any atom is 0.232 e. The molecule has 3 rings (SSSR count). The van der Waals surface area contributed by atoms with Crippen molar-refractivity contribution in [3.05, 3.63) is 35.6 Å². The summed E-state index contributed by atoms with van der Waals surface area (Å²) < 4.78 is 19.3. The van der Waals surface area contributed by atoms with Gasteiger partial charge in [-0.2, -0.15) is 0 Å². The summed E-state index contributed by atoms with van der Waals surface area (Å²) in [5.41, 5.74) is 2.35. The standard InChI is InChI=1S/C23H33FN4O2/c1-16(2)14-28(22(29)17(3)4)15-20-21(18-6-8-19(24)9-7-18)25-30-23(20)27-12-10-26(5)11-13-27/h6-9,16-17H,10-15H2,1-5H3. The first-order valence-electron chi connectivity index (χ1n) is 10.7. The van der Waals surface area contributed by atoms with E-state index in [1.807, 2.05) is 18.7 Å². The number of hydrogen-bond donors (Lipinski definition) is 0. The van der Waals surface area contributed by atoms with Crippen molar-refractivity contribution in [1.29, 1.82) is 0 Å². The Kier molecular flexibility index (Phi) is 7.13. The average molecular weight is 417 g/mol. The van der Waals surface area contributed by atoms with Crippen LogP contribution < -0.4 is 4.90 Å². The third-order valence-electron chi connectivity index (χ3n) is 5.42. The third kappa shape index (κ3) is 5.19. The molecular formula is C23H33FN4O2. The second kappa shape index (κ2) is 9.60. The van der Waals surface area contributed by atoms with Crippen LogP contribution in [0.25, 0.3) is 11.3 Å². The summed E-state index contributed by atoms with van der Waals surface area (Å²) in [6.07, 6.45) is 0. The summed E-state index contributed by atoms with van der Waals surface area (Å²) in [4.78, 5) is 19.3. The molecule has 1 fully saturated rings. The van der Waals surface area contributed by atoms with Gasteiger partial charge in [-0.1, -0.05) is 32.9 Å². The Morgan fingerprint density at radius 1 is 1.13 bits per heavy atom. The molecule has 0 atom stereocenters. The number of carbonyl (C=O) groups excluding carboxylic acids is 1. The Morgan fingerprint density at radius 2 is 1.77 bits per heavy atom. The van der Waals surface area contributed by atoms with Crippen LogP contribution in [-0.4, -0.2) is 60.6 Å². The Labute approximate surface area is 178 Å². The van der Waals surface area contributed by atoms with Crippen LogP contribution >= 0.6 is 0 Å². The molecule has 1 aromatic carbocycles. The van der Waals surface area contributed by atoms with Gasteiger partial charge in [0.1, 0.15) is 11.5 Å². The SMILES string of the molecule is CC(C)CN(Cc1c(-c2ccc(F)cc2)noc1N1CCN(C)CC1)C(=O)C(C)C. The number of piperazine rings is 1. The van der Waals surface area contributed by atoms with Gasteiger partial charge in [-0.05, 0) is 37.2 Å². The Bertz CT molecular complexity index is 839. The van der Waals surface area contributed by atoms with Crippen molar-refractivity contribution < 1.29 is 13.7 Å². The highest BCUT2D eigenvalue weighted by Crippen LogP contribution is 2.33. The monoisotopic (exact) mass is 416 g/mol. The van der Waals surface area contributed by atoms with E-state index in [4.69, 9.17) is 4.52 Å². The summed E-state index contributed by atoms with van der Waals surface area (Å²) >= 11 is 0.